The lowest BCUT2D eigenvalue weighted by Gasteiger charge is -2.25. The van der Waals surface area contributed by atoms with Crippen molar-refractivity contribution < 1.29 is 43.9 Å². The number of sulfone groups is 1. The Morgan fingerprint density at radius 2 is 0.983 bits per heavy atom. The first-order valence-corrected chi connectivity index (χ1v) is 23.1. The lowest BCUT2D eigenvalue weighted by molar-refractivity contribution is -0.152. The van der Waals surface area contributed by atoms with Crippen LogP contribution >= 0.6 is 0 Å². The van der Waals surface area contributed by atoms with Gasteiger partial charge in [-0.15, -0.1) is 0 Å². The Bertz CT molecular complexity index is 1100. The van der Waals surface area contributed by atoms with E-state index in [2.05, 4.69) is 87.4 Å². The highest BCUT2D eigenvalue weighted by Gasteiger charge is 2.33. The van der Waals surface area contributed by atoms with E-state index in [0.29, 0.717) is 23.0 Å². The molecule has 0 N–H and O–H groups in total. The molecule has 0 saturated heterocycles. The van der Waals surface area contributed by atoms with E-state index in [4.69, 9.17) is 10.00 Å². The first-order chi connectivity index (χ1) is 25.9. The molecular formula is C47H99F7N2O3S. The number of rotatable bonds is 9. The Morgan fingerprint density at radius 1 is 0.617 bits per heavy atom. The third-order valence-corrected chi connectivity index (χ3v) is 8.24. The van der Waals surface area contributed by atoms with E-state index in [9.17, 15) is 39.2 Å². The molecule has 0 rings (SSSR count). The second-order valence-electron chi connectivity index (χ2n) is 24.1. The van der Waals surface area contributed by atoms with Gasteiger partial charge in [0.25, 0.3) is 0 Å². The van der Waals surface area contributed by atoms with Gasteiger partial charge in [-0.3, -0.25) is 8.78 Å². The van der Waals surface area contributed by atoms with Crippen molar-refractivity contribution in [1.29, 1.82) is 5.26 Å². The van der Waals surface area contributed by atoms with E-state index in [-0.39, 0.29) is 28.1 Å². The van der Waals surface area contributed by atoms with Crippen LogP contribution in [0.3, 0.4) is 0 Å². The van der Waals surface area contributed by atoms with Crippen molar-refractivity contribution in [2.24, 2.45) is 43.8 Å². The van der Waals surface area contributed by atoms with Crippen LogP contribution in [0.5, 0.6) is 0 Å². The standard InChI is InChI=1S/C8H19N.C7H14F2.C7H16O2S.C7H16O.C6H11F3.C6H12F2.C6H11N/c1-8(2,3)6-7-9(4)5;1-7(2,3)6(4-8)5-9;1-7(2,3)5-6-10(4,8)9;1-7(2,3)5-6-8-4;1-5(2,3)4-6(7,8)9;1-6(2,3)4-5(7)8;1-6(2,3)4-5-7/h6-7H2,1-5H3;6H,4-5H2,1-3H3;5-6H2,1-4H3;5-6H2,1-4H3;4H2,1-3H3;5H,4H2,1-3H3;4H2,1-3H3. The Hall–Kier alpha value is -1.13. The van der Waals surface area contributed by atoms with Gasteiger partial charge in [0.05, 0.1) is 25.2 Å². The normalized spacial score (nSPS) is 12.7. The van der Waals surface area contributed by atoms with Gasteiger partial charge < -0.3 is 9.64 Å². The molecule has 0 aliphatic carbocycles. The smallest absolute Gasteiger partial charge is 0.385 e. The van der Waals surface area contributed by atoms with E-state index < -0.39 is 53.5 Å². The van der Waals surface area contributed by atoms with Gasteiger partial charge in [0.1, 0.15) is 9.84 Å². The molecule has 0 aromatic carbocycles. The molecule has 5 nitrogen and oxygen atoms in total. The number of ether oxygens (including phenoxy) is 1. The summed E-state index contributed by atoms with van der Waals surface area (Å²) in [5.41, 5.74) is 0.133. The number of methoxy groups -OCH3 is 1. The Morgan fingerprint density at radius 3 is 1.03 bits per heavy atom. The van der Waals surface area contributed by atoms with Gasteiger partial charge in [-0.25, -0.2) is 17.2 Å². The lowest BCUT2D eigenvalue weighted by Crippen LogP contribution is -2.23. The number of nitriles is 1. The molecular weight excluding hydrogens is 806 g/mol. The van der Waals surface area contributed by atoms with E-state index in [1.165, 1.54) is 19.2 Å². The molecule has 0 fully saturated rings. The van der Waals surface area contributed by atoms with E-state index in [1.807, 2.05) is 41.5 Å². The van der Waals surface area contributed by atoms with Crippen molar-refractivity contribution in [3.63, 3.8) is 0 Å². The van der Waals surface area contributed by atoms with Crippen LogP contribution in [-0.2, 0) is 14.6 Å². The van der Waals surface area contributed by atoms with Crippen LogP contribution in [0.4, 0.5) is 30.7 Å². The van der Waals surface area contributed by atoms with Crippen molar-refractivity contribution in [3.05, 3.63) is 0 Å². The van der Waals surface area contributed by atoms with Crippen molar-refractivity contribution in [2.45, 2.75) is 197 Å². The maximum absolute atomic E-state index is 11.9. The number of nitrogens with zero attached hydrogens (tertiary/aromatic N) is 2. The quantitative estimate of drug-likeness (QED) is 0.216. The molecule has 13 heteroatoms. The van der Waals surface area contributed by atoms with Gasteiger partial charge in [0.2, 0.25) is 6.43 Å². The number of hydrogen-bond donors (Lipinski definition) is 0. The molecule has 370 valence electrons. The summed E-state index contributed by atoms with van der Waals surface area (Å²) in [5.74, 6) is -0.131. The summed E-state index contributed by atoms with van der Waals surface area (Å²) in [5, 5.41) is 8.15. The minimum atomic E-state index is -4.02. The fraction of sp³-hybridized carbons (Fsp3) is 0.979. The zero-order valence-electron chi connectivity index (χ0n) is 43.6. The van der Waals surface area contributed by atoms with Gasteiger partial charge in [-0.1, -0.05) is 145 Å². The average molecular weight is 905 g/mol. The largest absolute Gasteiger partial charge is 0.389 e. The van der Waals surface area contributed by atoms with E-state index >= 15 is 0 Å². The number of halogens is 7. The molecule has 0 aromatic rings. The molecule has 0 spiro atoms. The highest BCUT2D eigenvalue weighted by molar-refractivity contribution is 7.90. The van der Waals surface area contributed by atoms with Crippen LogP contribution in [0, 0.1) is 55.2 Å². The third kappa shape index (κ3) is 101. The maximum Gasteiger partial charge on any atom is 0.389 e. The van der Waals surface area contributed by atoms with Crippen LogP contribution in [0.1, 0.15) is 184 Å². The lowest BCUT2D eigenvalue weighted by atomic mass is 9.82. The van der Waals surface area contributed by atoms with Crippen LogP contribution in [0.25, 0.3) is 0 Å². The van der Waals surface area contributed by atoms with Gasteiger partial charge in [-0.2, -0.15) is 18.4 Å². The monoisotopic (exact) mass is 905 g/mol. The molecule has 0 heterocycles. The topological polar surface area (TPSA) is 70.4 Å². The maximum atomic E-state index is 11.9. The summed E-state index contributed by atoms with van der Waals surface area (Å²) < 4.78 is 108. The summed E-state index contributed by atoms with van der Waals surface area (Å²) >= 11 is 0. The minimum Gasteiger partial charge on any atom is -0.385 e. The second kappa shape index (κ2) is 33.4. The third-order valence-electron chi connectivity index (χ3n) is 7.29. The van der Waals surface area contributed by atoms with E-state index in [1.54, 1.807) is 48.7 Å². The van der Waals surface area contributed by atoms with Gasteiger partial charge in [-0.05, 0) is 77.8 Å². The molecule has 60 heavy (non-hydrogen) atoms. The molecule has 0 amide bonds. The highest BCUT2D eigenvalue weighted by Crippen LogP contribution is 2.32. The number of alkyl halides is 7. The Labute approximate surface area is 369 Å². The summed E-state index contributed by atoms with van der Waals surface area (Å²) in [7, 11) is 3.22. The van der Waals surface area contributed by atoms with Crippen LogP contribution in [-0.4, -0.2) is 85.6 Å². The van der Waals surface area contributed by atoms with Crippen molar-refractivity contribution >= 4 is 9.84 Å². The minimum absolute atomic E-state index is 0.00694. The predicted molar refractivity (Wildman–Crippen MR) is 247 cm³/mol. The fourth-order valence-corrected chi connectivity index (χ4v) is 4.25. The zero-order valence-corrected chi connectivity index (χ0v) is 44.4. The van der Waals surface area contributed by atoms with Crippen LogP contribution in [0.15, 0.2) is 0 Å². The molecule has 0 radical (unpaired) electrons. The van der Waals surface area contributed by atoms with Gasteiger partial charge in [0, 0.05) is 45.2 Å². The zero-order chi connectivity index (χ0) is 50.4. The van der Waals surface area contributed by atoms with Crippen molar-refractivity contribution in [1.82, 2.24) is 4.90 Å². The molecule has 0 aliphatic heterocycles. The van der Waals surface area contributed by atoms with Crippen LogP contribution < -0.4 is 0 Å². The Balaban J connectivity index is -0.000000110. The SMILES string of the molecule is CC(C)(C)C(CF)CF.CC(C)(C)CC#N.CC(C)(C)CC(F)(F)F.CC(C)(C)CC(F)F.CC(C)(C)CCS(C)(=O)=O.CN(C)CCC(C)(C)C.COCCC(C)(C)C. The highest BCUT2D eigenvalue weighted by atomic mass is 32.2. The summed E-state index contributed by atoms with van der Waals surface area (Å²) in [6.45, 7) is 42.4. The Kier molecular flexibility index (Phi) is 40.8. The first kappa shape index (κ1) is 73.3. The molecule has 0 saturated carbocycles. The first-order valence-electron chi connectivity index (χ1n) is 21.0. The van der Waals surface area contributed by atoms with Gasteiger partial charge >= 0.3 is 6.18 Å². The average Bonchev–Trinajstić information content (AvgIpc) is 2.90. The fourth-order valence-electron chi connectivity index (χ4n) is 3.26. The second-order valence-corrected chi connectivity index (χ2v) is 26.4. The number of hydrogen-bond acceptors (Lipinski definition) is 5. The van der Waals surface area contributed by atoms with Gasteiger partial charge in [0.15, 0.2) is 0 Å². The predicted octanol–water partition coefficient (Wildman–Crippen LogP) is 15.7. The van der Waals surface area contributed by atoms with Crippen molar-refractivity contribution in [2.75, 3.05) is 59.7 Å². The summed E-state index contributed by atoms with van der Waals surface area (Å²) in [4.78, 5) is 2.23. The van der Waals surface area contributed by atoms with Crippen molar-refractivity contribution in [3.8, 4) is 6.07 Å². The summed E-state index contributed by atoms with van der Waals surface area (Å²) in [6, 6.07) is 2.11. The molecule has 0 atom stereocenters. The molecule has 0 aromatic heterocycles. The van der Waals surface area contributed by atoms with E-state index in [0.717, 1.165) is 19.4 Å². The molecule has 0 unspecified atom stereocenters. The summed E-state index contributed by atoms with van der Waals surface area (Å²) in [6.07, 6.45) is -1.80. The van der Waals surface area contributed by atoms with Crippen LogP contribution in [0.2, 0.25) is 0 Å². The molecule has 0 bridgehead atoms. The molecule has 0 aliphatic rings.